The molecule has 0 aromatic heterocycles. The second-order valence-corrected chi connectivity index (χ2v) is 13.0. The fourth-order valence-corrected chi connectivity index (χ4v) is 5.76. The highest BCUT2D eigenvalue weighted by Gasteiger charge is 2.50. The largest absolute Gasteiger partial charge is 0.394 e. The Morgan fingerprint density at radius 1 is 0.714 bits per heavy atom. The number of carbonyl (C=O) groups is 1. The molecule has 2 aliphatic heterocycles. The molecule has 49 heavy (non-hydrogen) atoms. The van der Waals surface area contributed by atoms with Crippen molar-refractivity contribution in [2.24, 2.45) is 0 Å². The number of aliphatic hydroxyl groups is 8. The van der Waals surface area contributed by atoms with Crippen LogP contribution < -0.4 is 5.32 Å². The quantitative estimate of drug-likeness (QED) is 0.0498. The van der Waals surface area contributed by atoms with Gasteiger partial charge >= 0.3 is 0 Å². The third kappa shape index (κ3) is 14.9. The van der Waals surface area contributed by atoms with Crippen molar-refractivity contribution in [3.63, 3.8) is 0 Å². The number of allylic oxidation sites excluding steroid dienone is 3. The van der Waals surface area contributed by atoms with Crippen LogP contribution in [0.3, 0.4) is 0 Å². The number of carbonyl (C=O) groups excluding carboxylic acids is 1. The van der Waals surface area contributed by atoms with Crippen molar-refractivity contribution in [1.82, 2.24) is 5.32 Å². The SMILES string of the molecule is CCC/C=C/C(O)C(COC1OC(CO)C(OC2OC(CO)C(O)C(O)C2O)C(O)C1O)NC(=O)CCCCCCC/C=C\CCCCC. The molecular formula is C35H63NO13. The van der Waals surface area contributed by atoms with Gasteiger partial charge in [0.05, 0.1) is 32.0 Å². The van der Waals surface area contributed by atoms with Crippen LogP contribution in [0.2, 0.25) is 0 Å². The molecule has 2 aliphatic rings. The average molecular weight is 706 g/mol. The van der Waals surface area contributed by atoms with Gasteiger partial charge in [0.2, 0.25) is 5.91 Å². The highest BCUT2D eigenvalue weighted by atomic mass is 16.7. The Morgan fingerprint density at radius 3 is 1.98 bits per heavy atom. The zero-order valence-electron chi connectivity index (χ0n) is 29.2. The molecular weight excluding hydrogens is 642 g/mol. The van der Waals surface area contributed by atoms with Gasteiger partial charge in [-0.1, -0.05) is 76.7 Å². The van der Waals surface area contributed by atoms with Crippen molar-refractivity contribution < 1.29 is 64.6 Å². The summed E-state index contributed by atoms with van der Waals surface area (Å²) in [5.41, 5.74) is 0. The van der Waals surface area contributed by atoms with Crippen molar-refractivity contribution in [1.29, 1.82) is 0 Å². The Hall–Kier alpha value is -1.53. The number of ether oxygens (including phenoxy) is 4. The summed E-state index contributed by atoms with van der Waals surface area (Å²) in [5, 5.41) is 85.2. The second-order valence-electron chi connectivity index (χ2n) is 13.0. The first-order chi connectivity index (χ1) is 23.6. The minimum absolute atomic E-state index is 0.266. The number of hydrogen-bond acceptors (Lipinski definition) is 13. The van der Waals surface area contributed by atoms with Gasteiger partial charge < -0.3 is 65.1 Å². The van der Waals surface area contributed by atoms with E-state index in [4.69, 9.17) is 18.9 Å². The van der Waals surface area contributed by atoms with Crippen LogP contribution in [0.4, 0.5) is 0 Å². The number of unbranched alkanes of at least 4 members (excludes halogenated alkanes) is 9. The summed E-state index contributed by atoms with van der Waals surface area (Å²) in [5.74, 6) is -0.266. The summed E-state index contributed by atoms with van der Waals surface area (Å²) in [6.45, 7) is 2.46. The van der Waals surface area contributed by atoms with Crippen LogP contribution in [0.25, 0.3) is 0 Å². The predicted molar refractivity (Wildman–Crippen MR) is 180 cm³/mol. The molecule has 2 rings (SSSR count). The lowest BCUT2D eigenvalue weighted by molar-refractivity contribution is -0.359. The first kappa shape index (κ1) is 43.6. The van der Waals surface area contributed by atoms with Gasteiger partial charge in [-0.25, -0.2) is 0 Å². The second kappa shape index (κ2) is 24.6. The average Bonchev–Trinajstić information content (AvgIpc) is 3.09. The maximum atomic E-state index is 12.8. The van der Waals surface area contributed by atoms with Gasteiger partial charge in [0.1, 0.15) is 48.8 Å². The zero-order chi connectivity index (χ0) is 36.2. The topological polar surface area (TPSA) is 228 Å². The third-order valence-electron chi connectivity index (χ3n) is 8.86. The lowest BCUT2D eigenvalue weighted by atomic mass is 9.97. The zero-order valence-corrected chi connectivity index (χ0v) is 29.2. The van der Waals surface area contributed by atoms with Crippen molar-refractivity contribution in [2.75, 3.05) is 19.8 Å². The molecule has 12 atom stereocenters. The van der Waals surface area contributed by atoms with Crippen LogP contribution in [-0.4, -0.2) is 140 Å². The van der Waals surface area contributed by atoms with Crippen LogP contribution in [-0.2, 0) is 23.7 Å². The molecule has 0 radical (unpaired) electrons. The summed E-state index contributed by atoms with van der Waals surface area (Å²) in [4.78, 5) is 12.8. The van der Waals surface area contributed by atoms with E-state index in [0.717, 1.165) is 51.4 Å². The molecule has 286 valence electrons. The van der Waals surface area contributed by atoms with Crippen molar-refractivity contribution in [3.8, 4) is 0 Å². The van der Waals surface area contributed by atoms with E-state index < -0.39 is 86.8 Å². The standard InChI is InChI=1S/C35H63NO13/c1-3-5-7-8-9-10-11-12-13-14-15-17-19-27(40)36-23(24(39)18-16-6-4-2)22-46-34-32(45)30(43)33(26(21-38)48-34)49-35-31(44)29(42)28(41)25(20-37)47-35/h9-10,16,18,23-26,28-35,37-39,41-45H,3-8,11-15,17,19-22H2,1-2H3,(H,36,40)/b10-9-,18-16+. The van der Waals surface area contributed by atoms with E-state index in [2.05, 4.69) is 24.4 Å². The molecule has 0 spiro atoms. The van der Waals surface area contributed by atoms with Gasteiger partial charge in [-0.05, 0) is 38.5 Å². The van der Waals surface area contributed by atoms with E-state index in [1.807, 2.05) is 6.92 Å². The molecule has 0 aromatic rings. The minimum Gasteiger partial charge on any atom is -0.394 e. The van der Waals surface area contributed by atoms with E-state index in [1.54, 1.807) is 12.2 Å². The van der Waals surface area contributed by atoms with Crippen LogP contribution in [0.5, 0.6) is 0 Å². The number of amides is 1. The summed E-state index contributed by atoms with van der Waals surface area (Å²) < 4.78 is 22.3. The van der Waals surface area contributed by atoms with Crippen LogP contribution >= 0.6 is 0 Å². The first-order valence-corrected chi connectivity index (χ1v) is 18.1. The summed E-state index contributed by atoms with van der Waals surface area (Å²) in [6.07, 6.45) is 3.53. The number of rotatable bonds is 24. The Bertz CT molecular complexity index is 935. The molecule has 2 saturated heterocycles. The lowest BCUT2D eigenvalue weighted by Gasteiger charge is -2.46. The fourth-order valence-electron chi connectivity index (χ4n) is 5.76. The molecule has 12 unspecified atom stereocenters. The van der Waals surface area contributed by atoms with Crippen LogP contribution in [0, 0.1) is 0 Å². The first-order valence-electron chi connectivity index (χ1n) is 18.1. The highest BCUT2D eigenvalue weighted by molar-refractivity contribution is 5.76. The number of hydrogen-bond donors (Lipinski definition) is 9. The van der Waals surface area contributed by atoms with Crippen molar-refractivity contribution in [3.05, 3.63) is 24.3 Å². The van der Waals surface area contributed by atoms with Crippen LogP contribution in [0.15, 0.2) is 24.3 Å². The van der Waals surface area contributed by atoms with Gasteiger partial charge in [0.15, 0.2) is 12.6 Å². The van der Waals surface area contributed by atoms with E-state index in [9.17, 15) is 45.6 Å². The third-order valence-corrected chi connectivity index (χ3v) is 8.86. The predicted octanol–water partition coefficient (Wildman–Crippen LogP) is 0.696. The number of nitrogens with one attached hydrogen (secondary N) is 1. The van der Waals surface area contributed by atoms with E-state index >= 15 is 0 Å². The minimum atomic E-state index is -1.78. The van der Waals surface area contributed by atoms with Gasteiger partial charge in [-0.2, -0.15) is 0 Å². The maximum Gasteiger partial charge on any atom is 0.220 e. The summed E-state index contributed by atoms with van der Waals surface area (Å²) in [7, 11) is 0. The Kier molecular flexibility index (Phi) is 21.9. The molecule has 1 amide bonds. The van der Waals surface area contributed by atoms with Crippen LogP contribution in [0.1, 0.15) is 97.3 Å². The van der Waals surface area contributed by atoms with Gasteiger partial charge in [-0.15, -0.1) is 0 Å². The van der Waals surface area contributed by atoms with E-state index in [-0.39, 0.29) is 18.9 Å². The van der Waals surface area contributed by atoms with Gasteiger partial charge in [0, 0.05) is 6.42 Å². The molecule has 14 heteroatoms. The van der Waals surface area contributed by atoms with Gasteiger partial charge in [-0.3, -0.25) is 4.79 Å². The van der Waals surface area contributed by atoms with Gasteiger partial charge in [0.25, 0.3) is 0 Å². The lowest BCUT2D eigenvalue weighted by Crippen LogP contribution is -2.65. The highest BCUT2D eigenvalue weighted by Crippen LogP contribution is 2.29. The molecule has 0 saturated carbocycles. The summed E-state index contributed by atoms with van der Waals surface area (Å²) in [6, 6.07) is -0.909. The normalized spacial score (nSPS) is 32.1. The van der Waals surface area contributed by atoms with Crippen molar-refractivity contribution in [2.45, 2.75) is 171 Å². The molecule has 0 aromatic carbocycles. The van der Waals surface area contributed by atoms with E-state index in [1.165, 1.54) is 19.3 Å². The Labute approximate surface area is 290 Å². The molecule has 0 aliphatic carbocycles. The molecule has 0 bridgehead atoms. The Balaban J connectivity index is 1.89. The summed E-state index contributed by atoms with van der Waals surface area (Å²) >= 11 is 0. The maximum absolute atomic E-state index is 12.8. The van der Waals surface area contributed by atoms with Crippen molar-refractivity contribution >= 4 is 5.91 Å². The fraction of sp³-hybridized carbons (Fsp3) is 0.857. The van der Waals surface area contributed by atoms with E-state index in [0.29, 0.717) is 6.42 Å². The Morgan fingerprint density at radius 2 is 1.33 bits per heavy atom. The molecule has 14 nitrogen and oxygen atoms in total. The molecule has 2 heterocycles. The molecule has 2 fully saturated rings. The smallest absolute Gasteiger partial charge is 0.220 e. The number of aliphatic hydroxyl groups excluding tert-OH is 8. The molecule has 9 N–H and O–H groups in total. The monoisotopic (exact) mass is 705 g/mol.